The average molecular weight is 338 g/mol. The fourth-order valence-electron chi connectivity index (χ4n) is 3.21. The first-order valence-corrected chi connectivity index (χ1v) is 9.19. The van der Waals surface area contributed by atoms with Gasteiger partial charge in [-0.3, -0.25) is 4.79 Å². The monoisotopic (exact) mass is 338 g/mol. The van der Waals surface area contributed by atoms with Gasteiger partial charge >= 0.3 is 0 Å². The molecule has 132 valence electrons. The van der Waals surface area contributed by atoms with Gasteiger partial charge in [-0.25, -0.2) is 9.97 Å². The fourth-order valence-corrected chi connectivity index (χ4v) is 3.21. The molecule has 1 saturated carbocycles. The third kappa shape index (κ3) is 5.85. The summed E-state index contributed by atoms with van der Waals surface area (Å²) in [7, 11) is 0. The van der Waals surface area contributed by atoms with Crippen LogP contribution in [0.5, 0.6) is 0 Å². The van der Waals surface area contributed by atoms with E-state index >= 15 is 0 Å². The number of hydrogen-bond acceptors (Lipinski definition) is 4. The number of nitrogens with one attached hydrogen (secondary N) is 2. The summed E-state index contributed by atoms with van der Waals surface area (Å²) in [4.78, 5) is 20.9. The molecule has 1 aromatic heterocycles. The minimum Gasteiger partial charge on any atom is -0.369 e. The number of benzene rings is 1. The zero-order valence-electron chi connectivity index (χ0n) is 14.6. The van der Waals surface area contributed by atoms with Crippen molar-refractivity contribution >= 4 is 11.7 Å². The number of carbonyl (C=O) groups is 1. The number of rotatable bonds is 7. The third-order valence-electron chi connectivity index (χ3n) is 4.54. The third-order valence-corrected chi connectivity index (χ3v) is 4.54. The summed E-state index contributed by atoms with van der Waals surface area (Å²) < 4.78 is 0. The van der Waals surface area contributed by atoms with E-state index in [1.165, 1.54) is 24.8 Å². The maximum absolute atomic E-state index is 12.0. The van der Waals surface area contributed by atoms with Crippen molar-refractivity contribution in [1.29, 1.82) is 0 Å². The molecule has 0 saturated heterocycles. The van der Waals surface area contributed by atoms with Gasteiger partial charge in [-0.15, -0.1) is 0 Å². The lowest BCUT2D eigenvalue weighted by molar-refractivity contribution is -0.121. The van der Waals surface area contributed by atoms with Gasteiger partial charge in [0.05, 0.1) is 0 Å². The summed E-state index contributed by atoms with van der Waals surface area (Å²) in [5.41, 5.74) is 1.19. The Bertz CT molecular complexity index is 668. The minimum absolute atomic E-state index is 0.123. The number of aromatic nitrogens is 2. The van der Waals surface area contributed by atoms with Crippen LogP contribution in [0, 0.1) is 0 Å². The lowest BCUT2D eigenvalue weighted by atomic mass is 9.95. The lowest BCUT2D eigenvalue weighted by Crippen LogP contribution is -2.36. The van der Waals surface area contributed by atoms with Crippen LogP contribution in [-0.4, -0.2) is 28.5 Å². The minimum atomic E-state index is 0.123. The Kier molecular flexibility index (Phi) is 6.37. The molecule has 0 bridgehead atoms. The molecule has 2 aromatic rings. The normalized spacial score (nSPS) is 14.9. The van der Waals surface area contributed by atoms with E-state index in [1.807, 2.05) is 24.3 Å². The van der Waals surface area contributed by atoms with Crippen molar-refractivity contribution in [2.45, 2.75) is 51.0 Å². The van der Waals surface area contributed by atoms with E-state index in [0.717, 1.165) is 24.5 Å². The van der Waals surface area contributed by atoms with E-state index in [2.05, 4.69) is 32.7 Å². The standard InChI is InChI=1S/C20H26N4O/c25-20(23-17-9-5-2-6-10-17)12-14-21-18-11-13-22-19(24-18)15-16-7-3-1-4-8-16/h1,3-4,7-8,11,13,17H,2,5-6,9-10,12,14-15H2,(H,23,25)(H,21,22,24). The Morgan fingerprint density at radius 1 is 1.08 bits per heavy atom. The van der Waals surface area contributed by atoms with Crippen LogP contribution in [-0.2, 0) is 11.2 Å². The molecule has 0 unspecified atom stereocenters. The van der Waals surface area contributed by atoms with Crippen LogP contribution >= 0.6 is 0 Å². The van der Waals surface area contributed by atoms with Crippen LogP contribution in [0.1, 0.15) is 49.9 Å². The van der Waals surface area contributed by atoms with Crippen LogP contribution in [0.4, 0.5) is 5.82 Å². The van der Waals surface area contributed by atoms with Crippen LogP contribution in [0.15, 0.2) is 42.6 Å². The van der Waals surface area contributed by atoms with E-state index in [9.17, 15) is 4.79 Å². The van der Waals surface area contributed by atoms with Crippen molar-refractivity contribution in [3.05, 3.63) is 54.0 Å². The van der Waals surface area contributed by atoms with Gasteiger partial charge in [0.2, 0.25) is 5.91 Å². The molecule has 0 atom stereocenters. The van der Waals surface area contributed by atoms with Crippen LogP contribution < -0.4 is 10.6 Å². The van der Waals surface area contributed by atoms with Crippen molar-refractivity contribution < 1.29 is 4.79 Å². The van der Waals surface area contributed by atoms with Crippen molar-refractivity contribution in [3.63, 3.8) is 0 Å². The Labute approximate surface area is 149 Å². The van der Waals surface area contributed by atoms with Gasteiger partial charge in [-0.05, 0) is 24.5 Å². The maximum atomic E-state index is 12.0. The zero-order chi connectivity index (χ0) is 17.3. The van der Waals surface area contributed by atoms with E-state index in [0.29, 0.717) is 25.4 Å². The van der Waals surface area contributed by atoms with E-state index in [1.54, 1.807) is 6.20 Å². The lowest BCUT2D eigenvalue weighted by Gasteiger charge is -2.22. The molecule has 5 nitrogen and oxygen atoms in total. The smallest absolute Gasteiger partial charge is 0.221 e. The molecule has 1 fully saturated rings. The fraction of sp³-hybridized carbons (Fsp3) is 0.450. The second kappa shape index (κ2) is 9.16. The van der Waals surface area contributed by atoms with Crippen molar-refractivity contribution in [2.75, 3.05) is 11.9 Å². The van der Waals surface area contributed by atoms with Gasteiger partial charge in [-0.2, -0.15) is 0 Å². The highest BCUT2D eigenvalue weighted by Crippen LogP contribution is 2.17. The number of amides is 1. The second-order valence-electron chi connectivity index (χ2n) is 6.60. The highest BCUT2D eigenvalue weighted by Gasteiger charge is 2.15. The molecular weight excluding hydrogens is 312 g/mol. The molecule has 0 radical (unpaired) electrons. The summed E-state index contributed by atoms with van der Waals surface area (Å²) in [6.07, 6.45) is 8.93. The largest absolute Gasteiger partial charge is 0.369 e. The van der Waals surface area contributed by atoms with Crippen LogP contribution in [0.2, 0.25) is 0 Å². The predicted molar refractivity (Wildman–Crippen MR) is 99.4 cm³/mol. The highest BCUT2D eigenvalue weighted by atomic mass is 16.1. The first-order chi connectivity index (χ1) is 12.3. The zero-order valence-corrected chi connectivity index (χ0v) is 14.6. The number of anilines is 1. The molecule has 0 aliphatic heterocycles. The summed E-state index contributed by atoms with van der Waals surface area (Å²) in [5.74, 6) is 1.67. The molecular formula is C20H26N4O. The van der Waals surface area contributed by atoms with Gasteiger partial charge in [0.25, 0.3) is 0 Å². The Hall–Kier alpha value is -2.43. The van der Waals surface area contributed by atoms with E-state index in [-0.39, 0.29) is 5.91 Å². The Morgan fingerprint density at radius 2 is 1.88 bits per heavy atom. The first-order valence-electron chi connectivity index (χ1n) is 9.19. The Balaban J connectivity index is 1.43. The van der Waals surface area contributed by atoms with Crippen molar-refractivity contribution in [3.8, 4) is 0 Å². The van der Waals surface area contributed by atoms with Gasteiger partial charge in [0.1, 0.15) is 11.6 Å². The molecule has 0 spiro atoms. The summed E-state index contributed by atoms with van der Waals surface area (Å²) >= 11 is 0. The molecule has 1 aliphatic rings. The molecule has 1 heterocycles. The van der Waals surface area contributed by atoms with Gasteiger partial charge in [-0.1, -0.05) is 49.6 Å². The number of hydrogen-bond donors (Lipinski definition) is 2. The van der Waals surface area contributed by atoms with E-state index < -0.39 is 0 Å². The average Bonchev–Trinajstić information content (AvgIpc) is 2.64. The quantitative estimate of drug-likeness (QED) is 0.813. The van der Waals surface area contributed by atoms with Crippen molar-refractivity contribution in [1.82, 2.24) is 15.3 Å². The predicted octanol–water partition coefficient (Wildman–Crippen LogP) is 3.32. The number of nitrogens with zero attached hydrogens (tertiary/aromatic N) is 2. The second-order valence-corrected chi connectivity index (χ2v) is 6.60. The summed E-state index contributed by atoms with van der Waals surface area (Å²) in [5, 5.41) is 6.36. The molecule has 1 aliphatic carbocycles. The van der Waals surface area contributed by atoms with Crippen molar-refractivity contribution in [2.24, 2.45) is 0 Å². The molecule has 25 heavy (non-hydrogen) atoms. The topological polar surface area (TPSA) is 66.9 Å². The molecule has 5 heteroatoms. The molecule has 1 aromatic carbocycles. The summed E-state index contributed by atoms with van der Waals surface area (Å²) in [6, 6.07) is 12.4. The Morgan fingerprint density at radius 3 is 2.68 bits per heavy atom. The summed E-state index contributed by atoms with van der Waals surface area (Å²) in [6.45, 7) is 0.584. The van der Waals surface area contributed by atoms with Crippen LogP contribution in [0.25, 0.3) is 0 Å². The highest BCUT2D eigenvalue weighted by molar-refractivity contribution is 5.76. The SMILES string of the molecule is O=C(CCNc1ccnc(Cc2ccccc2)n1)NC1CCCCC1. The molecule has 1 amide bonds. The van der Waals surface area contributed by atoms with Crippen LogP contribution in [0.3, 0.4) is 0 Å². The van der Waals surface area contributed by atoms with Gasteiger partial charge in [0.15, 0.2) is 0 Å². The van der Waals surface area contributed by atoms with Gasteiger partial charge in [0, 0.05) is 31.6 Å². The maximum Gasteiger partial charge on any atom is 0.221 e. The van der Waals surface area contributed by atoms with E-state index in [4.69, 9.17) is 0 Å². The molecule has 2 N–H and O–H groups in total. The first kappa shape index (κ1) is 17.4. The van der Waals surface area contributed by atoms with Gasteiger partial charge < -0.3 is 10.6 Å². The number of carbonyl (C=O) groups excluding carboxylic acids is 1. The molecule has 3 rings (SSSR count).